The highest BCUT2D eigenvalue weighted by Gasteiger charge is 2.46. The number of hydrogen-bond donors (Lipinski definition) is 1. The lowest BCUT2D eigenvalue weighted by molar-refractivity contribution is -0.123. The molecule has 1 aliphatic carbocycles. The van der Waals surface area contributed by atoms with Gasteiger partial charge in [-0.15, -0.1) is 0 Å². The molecule has 3 heteroatoms. The third-order valence-corrected chi connectivity index (χ3v) is 5.21. The van der Waals surface area contributed by atoms with Crippen molar-refractivity contribution in [1.82, 2.24) is 4.90 Å². The van der Waals surface area contributed by atoms with E-state index in [4.69, 9.17) is 0 Å². The van der Waals surface area contributed by atoms with Crippen LogP contribution in [0.25, 0.3) is 0 Å². The maximum absolute atomic E-state index is 11.7. The van der Waals surface area contributed by atoms with E-state index in [1.54, 1.807) is 0 Å². The van der Waals surface area contributed by atoms with Gasteiger partial charge < -0.3 is 5.11 Å². The number of hydrogen-bond acceptors (Lipinski definition) is 3. The fraction of sp³-hybridized carbons (Fsp3) is 0.611. The number of carbonyl (C=O) groups is 1. The molecular weight excluding hydrogens is 262 g/mol. The van der Waals surface area contributed by atoms with E-state index in [1.807, 2.05) is 0 Å². The normalized spacial score (nSPS) is 22.5. The summed E-state index contributed by atoms with van der Waals surface area (Å²) in [6.45, 7) is 6.31. The quantitative estimate of drug-likeness (QED) is 0.929. The third-order valence-electron chi connectivity index (χ3n) is 5.21. The molecule has 1 heterocycles. The lowest BCUT2D eigenvalue weighted by Gasteiger charge is -2.43. The molecule has 1 aliphatic heterocycles. The Morgan fingerprint density at radius 3 is 2.71 bits per heavy atom. The summed E-state index contributed by atoms with van der Waals surface area (Å²) >= 11 is 0. The molecule has 0 saturated heterocycles. The highest BCUT2D eigenvalue weighted by Crippen LogP contribution is 2.48. The summed E-state index contributed by atoms with van der Waals surface area (Å²) in [6.07, 6.45) is 3.24. The fourth-order valence-corrected chi connectivity index (χ4v) is 4.04. The first-order chi connectivity index (χ1) is 10.0. The van der Waals surface area contributed by atoms with Crippen LogP contribution in [0.2, 0.25) is 0 Å². The van der Waals surface area contributed by atoms with Gasteiger partial charge in [-0.3, -0.25) is 9.69 Å². The van der Waals surface area contributed by atoms with E-state index in [0.717, 1.165) is 25.9 Å². The van der Waals surface area contributed by atoms with Gasteiger partial charge in [0.05, 0.1) is 0 Å². The maximum Gasteiger partial charge on any atom is 0.133 e. The molecule has 1 aromatic carbocycles. The predicted octanol–water partition coefficient (Wildman–Crippen LogP) is 2.78. The van der Waals surface area contributed by atoms with Crippen LogP contribution in [0.5, 0.6) is 0 Å². The van der Waals surface area contributed by atoms with Gasteiger partial charge in [0.25, 0.3) is 0 Å². The minimum Gasteiger partial charge on any atom is -0.396 e. The second kappa shape index (κ2) is 5.54. The molecule has 0 unspecified atom stereocenters. The number of aliphatic hydroxyl groups is 1. The van der Waals surface area contributed by atoms with Gasteiger partial charge in [-0.1, -0.05) is 30.7 Å². The molecule has 1 atom stereocenters. The molecule has 1 aromatic rings. The number of Topliss-reactive ketones (excluding diaryl/α,β-unsaturated/α-hetero) is 1. The Hall–Kier alpha value is -1.19. The van der Waals surface area contributed by atoms with Crippen molar-refractivity contribution in [2.45, 2.75) is 51.6 Å². The summed E-state index contributed by atoms with van der Waals surface area (Å²) in [5.74, 6) is 0.672. The van der Waals surface area contributed by atoms with Crippen molar-refractivity contribution in [3.8, 4) is 0 Å². The molecule has 0 bridgehead atoms. The Morgan fingerprint density at radius 1 is 1.33 bits per heavy atom. The van der Waals surface area contributed by atoms with Gasteiger partial charge in [0.2, 0.25) is 0 Å². The minimum atomic E-state index is 0.0281. The number of benzene rings is 1. The third kappa shape index (κ3) is 2.53. The maximum atomic E-state index is 11.7. The zero-order valence-corrected chi connectivity index (χ0v) is 13.1. The second-order valence-corrected chi connectivity index (χ2v) is 6.90. The molecule has 21 heavy (non-hydrogen) atoms. The van der Waals surface area contributed by atoms with E-state index in [2.05, 4.69) is 36.9 Å². The van der Waals surface area contributed by atoms with Gasteiger partial charge in [0.15, 0.2) is 0 Å². The molecule has 1 N–H and O–H groups in total. The van der Waals surface area contributed by atoms with E-state index in [1.165, 1.54) is 16.7 Å². The lowest BCUT2D eigenvalue weighted by atomic mass is 9.75. The van der Waals surface area contributed by atoms with Gasteiger partial charge in [-0.25, -0.2) is 0 Å². The summed E-state index contributed by atoms with van der Waals surface area (Å²) in [7, 11) is 0. The van der Waals surface area contributed by atoms with Crippen molar-refractivity contribution in [2.24, 2.45) is 5.92 Å². The van der Waals surface area contributed by atoms with Crippen molar-refractivity contribution >= 4 is 5.78 Å². The topological polar surface area (TPSA) is 40.5 Å². The molecular formula is C18H25NO2. The Morgan fingerprint density at radius 2 is 2.05 bits per heavy atom. The van der Waals surface area contributed by atoms with E-state index in [0.29, 0.717) is 18.6 Å². The summed E-state index contributed by atoms with van der Waals surface area (Å²) in [5.41, 5.74) is 4.16. The Labute approximate surface area is 127 Å². The highest BCUT2D eigenvalue weighted by molar-refractivity contribution is 5.79. The van der Waals surface area contributed by atoms with Gasteiger partial charge in [-0.2, -0.15) is 0 Å². The SMILES string of the molecule is Cc1ccc2c(c1)CN(C[C@@H](C)CO)C21CCC(=O)CC1. The van der Waals surface area contributed by atoms with Gasteiger partial charge in [0, 0.05) is 38.1 Å². The number of aryl methyl sites for hydroxylation is 1. The average Bonchev–Trinajstić information content (AvgIpc) is 2.75. The van der Waals surface area contributed by atoms with Crippen LogP contribution in [0.4, 0.5) is 0 Å². The van der Waals surface area contributed by atoms with Crippen molar-refractivity contribution in [3.63, 3.8) is 0 Å². The van der Waals surface area contributed by atoms with Crippen LogP contribution < -0.4 is 0 Å². The molecule has 0 amide bonds. The predicted molar refractivity (Wildman–Crippen MR) is 83.0 cm³/mol. The Balaban J connectivity index is 1.96. The number of fused-ring (bicyclic) bond motifs is 2. The van der Waals surface area contributed by atoms with E-state index >= 15 is 0 Å². The monoisotopic (exact) mass is 287 g/mol. The van der Waals surface area contributed by atoms with E-state index < -0.39 is 0 Å². The molecule has 1 saturated carbocycles. The first-order valence-electron chi connectivity index (χ1n) is 8.03. The molecule has 3 rings (SSSR count). The summed E-state index contributed by atoms with van der Waals surface area (Å²) in [4.78, 5) is 14.2. The Bertz CT molecular complexity index is 542. The first kappa shape index (κ1) is 14.7. The number of ketones is 1. The summed E-state index contributed by atoms with van der Waals surface area (Å²) in [5, 5.41) is 9.40. The molecule has 1 spiro atoms. The van der Waals surface area contributed by atoms with Crippen LogP contribution in [0.1, 0.15) is 49.3 Å². The van der Waals surface area contributed by atoms with E-state index in [-0.39, 0.29) is 18.1 Å². The first-order valence-corrected chi connectivity index (χ1v) is 8.03. The average molecular weight is 287 g/mol. The van der Waals surface area contributed by atoms with Gasteiger partial charge in [-0.05, 0) is 36.8 Å². The molecule has 3 nitrogen and oxygen atoms in total. The number of carbonyl (C=O) groups excluding carboxylic acids is 1. The van der Waals surface area contributed by atoms with Crippen molar-refractivity contribution < 1.29 is 9.90 Å². The molecule has 0 radical (unpaired) electrons. The minimum absolute atomic E-state index is 0.0281. The van der Waals surface area contributed by atoms with Gasteiger partial charge in [0.1, 0.15) is 5.78 Å². The molecule has 114 valence electrons. The zero-order chi connectivity index (χ0) is 15.0. The van der Waals surface area contributed by atoms with Crippen LogP contribution in [0.15, 0.2) is 18.2 Å². The summed E-state index contributed by atoms with van der Waals surface area (Å²) < 4.78 is 0. The number of rotatable bonds is 3. The largest absolute Gasteiger partial charge is 0.396 e. The summed E-state index contributed by atoms with van der Waals surface area (Å²) in [6, 6.07) is 6.75. The molecule has 1 fully saturated rings. The Kier molecular flexibility index (Phi) is 3.89. The zero-order valence-electron chi connectivity index (χ0n) is 13.1. The smallest absolute Gasteiger partial charge is 0.133 e. The number of aliphatic hydroxyl groups excluding tert-OH is 1. The van der Waals surface area contributed by atoms with Gasteiger partial charge >= 0.3 is 0 Å². The van der Waals surface area contributed by atoms with Crippen LogP contribution in [-0.2, 0) is 16.9 Å². The van der Waals surface area contributed by atoms with Crippen molar-refractivity contribution in [3.05, 3.63) is 34.9 Å². The van der Waals surface area contributed by atoms with Crippen molar-refractivity contribution in [1.29, 1.82) is 0 Å². The molecule has 0 aromatic heterocycles. The van der Waals surface area contributed by atoms with Crippen LogP contribution in [0.3, 0.4) is 0 Å². The van der Waals surface area contributed by atoms with Crippen LogP contribution in [-0.4, -0.2) is 28.9 Å². The number of nitrogens with zero attached hydrogens (tertiary/aromatic N) is 1. The van der Waals surface area contributed by atoms with Crippen molar-refractivity contribution in [2.75, 3.05) is 13.2 Å². The van der Waals surface area contributed by atoms with Crippen LogP contribution in [0, 0.1) is 12.8 Å². The standard InChI is InChI=1S/C18H25NO2/c1-13-3-4-17-15(9-13)11-19(10-14(2)12-20)18(17)7-5-16(21)6-8-18/h3-4,9,14,20H,5-8,10-12H2,1-2H3/t14-/m1/s1. The molecule has 2 aliphatic rings. The fourth-order valence-electron chi connectivity index (χ4n) is 4.04. The van der Waals surface area contributed by atoms with Crippen LogP contribution >= 0.6 is 0 Å². The second-order valence-electron chi connectivity index (χ2n) is 6.90. The lowest BCUT2D eigenvalue weighted by Crippen LogP contribution is -2.46. The highest BCUT2D eigenvalue weighted by atomic mass is 16.3. The van der Waals surface area contributed by atoms with E-state index in [9.17, 15) is 9.90 Å².